The molecule has 1 aromatic carbocycles. The molecule has 0 aliphatic carbocycles. The van der Waals surface area contributed by atoms with Crippen LogP contribution in [0.4, 0.5) is 0 Å². The van der Waals surface area contributed by atoms with Gasteiger partial charge >= 0.3 is 0 Å². The number of aryl methyl sites for hydroxylation is 5. The summed E-state index contributed by atoms with van der Waals surface area (Å²) in [5.74, 6) is 0. The van der Waals surface area contributed by atoms with Gasteiger partial charge in [0.05, 0.1) is 17.0 Å². The number of benzene rings is 1. The average molecular weight is 410 g/mol. The van der Waals surface area contributed by atoms with Crippen molar-refractivity contribution in [3.05, 3.63) is 45.5 Å². The van der Waals surface area contributed by atoms with Crippen molar-refractivity contribution in [3.63, 3.8) is 0 Å². The Morgan fingerprint density at radius 3 is 2.10 bits per heavy atom. The second-order valence-electron chi connectivity index (χ2n) is 8.06. The third kappa shape index (κ3) is 2.94. The molecule has 0 amide bonds. The van der Waals surface area contributed by atoms with Crippen LogP contribution in [0.3, 0.4) is 0 Å². The summed E-state index contributed by atoms with van der Waals surface area (Å²) in [5.41, 5.74) is 10.5. The van der Waals surface area contributed by atoms with Gasteiger partial charge in [-0.05, 0) is 75.8 Å². The van der Waals surface area contributed by atoms with Crippen LogP contribution >= 0.6 is 11.6 Å². The second kappa shape index (κ2) is 7.13. The van der Waals surface area contributed by atoms with Crippen LogP contribution in [-0.2, 0) is 0 Å². The van der Waals surface area contributed by atoms with Crippen molar-refractivity contribution < 1.29 is 0 Å². The van der Waals surface area contributed by atoms with E-state index in [9.17, 15) is 0 Å². The highest BCUT2D eigenvalue weighted by Gasteiger charge is 2.25. The summed E-state index contributed by atoms with van der Waals surface area (Å²) < 4.78 is 4.08. The van der Waals surface area contributed by atoms with Crippen molar-refractivity contribution in [1.29, 1.82) is 0 Å². The van der Waals surface area contributed by atoms with Crippen molar-refractivity contribution in [2.24, 2.45) is 0 Å². The van der Waals surface area contributed by atoms with Crippen LogP contribution in [-0.4, -0.2) is 24.1 Å². The van der Waals surface area contributed by atoms with Crippen LogP contribution in [0.2, 0.25) is 5.28 Å². The highest BCUT2D eigenvalue weighted by molar-refractivity contribution is 6.29. The van der Waals surface area contributed by atoms with E-state index in [1.165, 1.54) is 22.3 Å². The number of aromatic nitrogens is 5. The molecule has 0 saturated carbocycles. The highest BCUT2D eigenvalue weighted by Crippen LogP contribution is 2.36. The second-order valence-corrected chi connectivity index (χ2v) is 8.40. The largest absolute Gasteiger partial charge is 0.296 e. The molecule has 0 aliphatic heterocycles. The Balaban J connectivity index is 2.16. The van der Waals surface area contributed by atoms with E-state index >= 15 is 0 Å². The number of fused-ring (bicyclic) bond motifs is 3. The fraction of sp³-hybridized carbons (Fsp3) is 0.435. The molecule has 0 unspecified atom stereocenters. The zero-order chi connectivity index (χ0) is 21.0. The predicted octanol–water partition coefficient (Wildman–Crippen LogP) is 6.30. The topological polar surface area (TPSA) is 48.0 Å². The van der Waals surface area contributed by atoms with Gasteiger partial charge < -0.3 is 0 Å². The lowest BCUT2D eigenvalue weighted by molar-refractivity contribution is 0.479. The van der Waals surface area contributed by atoms with Gasteiger partial charge in [-0.25, -0.2) is 9.97 Å². The van der Waals surface area contributed by atoms with Crippen LogP contribution in [0.1, 0.15) is 60.8 Å². The Labute approximate surface area is 176 Å². The predicted molar refractivity (Wildman–Crippen MR) is 120 cm³/mol. The lowest BCUT2D eigenvalue weighted by atomic mass is 9.94. The fourth-order valence-corrected chi connectivity index (χ4v) is 4.97. The lowest BCUT2D eigenvalue weighted by Crippen LogP contribution is -2.10. The monoisotopic (exact) mass is 409 g/mol. The van der Waals surface area contributed by atoms with E-state index < -0.39 is 0 Å². The summed E-state index contributed by atoms with van der Waals surface area (Å²) in [5, 5.41) is 5.43. The first-order valence-electron chi connectivity index (χ1n) is 10.3. The van der Waals surface area contributed by atoms with Crippen molar-refractivity contribution in [2.45, 2.75) is 67.3 Å². The van der Waals surface area contributed by atoms with Gasteiger partial charge in [0, 0.05) is 6.04 Å². The standard InChI is InChI=1S/C23H28ClN5/c1-8-17(9-2)28-22-20(26-23(28)24)16(7)25-21-19(15(6)27-29(21)22)18-13(4)10-12(3)11-14(18)5/h10-11,17H,8-9H2,1-7H3. The fourth-order valence-electron chi connectivity index (χ4n) is 4.66. The Morgan fingerprint density at radius 1 is 0.897 bits per heavy atom. The Bertz CT molecular complexity index is 1220. The minimum absolute atomic E-state index is 0.272. The average Bonchev–Trinajstić information content (AvgIpc) is 3.14. The number of hydrogen-bond acceptors (Lipinski definition) is 3. The van der Waals surface area contributed by atoms with Gasteiger partial charge in [0.15, 0.2) is 11.3 Å². The quantitative estimate of drug-likeness (QED) is 0.371. The van der Waals surface area contributed by atoms with Crippen molar-refractivity contribution in [3.8, 4) is 11.1 Å². The molecule has 0 aliphatic rings. The number of imidazole rings is 1. The molecule has 4 rings (SSSR count). The number of halogens is 1. The van der Waals surface area contributed by atoms with Crippen LogP contribution in [0.25, 0.3) is 27.9 Å². The normalized spacial score (nSPS) is 12.0. The van der Waals surface area contributed by atoms with Crippen molar-refractivity contribution in [1.82, 2.24) is 24.1 Å². The molecule has 5 nitrogen and oxygen atoms in total. The molecule has 0 bridgehead atoms. The van der Waals surface area contributed by atoms with Gasteiger partial charge in [0.25, 0.3) is 0 Å². The van der Waals surface area contributed by atoms with Crippen molar-refractivity contribution >= 4 is 28.4 Å². The molecule has 152 valence electrons. The van der Waals surface area contributed by atoms with Crippen LogP contribution in [0.5, 0.6) is 0 Å². The van der Waals surface area contributed by atoms with E-state index in [0.717, 1.165) is 46.6 Å². The summed E-state index contributed by atoms with van der Waals surface area (Å²) in [7, 11) is 0. The van der Waals surface area contributed by atoms with Gasteiger partial charge in [-0.2, -0.15) is 9.61 Å². The first-order valence-corrected chi connectivity index (χ1v) is 10.7. The molecule has 29 heavy (non-hydrogen) atoms. The number of hydrogen-bond donors (Lipinski definition) is 0. The lowest BCUT2D eigenvalue weighted by Gasteiger charge is -2.17. The van der Waals surface area contributed by atoms with E-state index in [4.69, 9.17) is 21.7 Å². The maximum atomic E-state index is 6.61. The van der Waals surface area contributed by atoms with Gasteiger partial charge in [-0.1, -0.05) is 31.5 Å². The molecular formula is C23H28ClN5. The molecule has 3 heterocycles. The zero-order valence-electron chi connectivity index (χ0n) is 18.3. The third-order valence-electron chi connectivity index (χ3n) is 5.93. The highest BCUT2D eigenvalue weighted by atomic mass is 35.5. The SMILES string of the molecule is CCC(CC)n1c(Cl)nc2c(C)nc3c(-c4c(C)cc(C)cc4C)c(C)nn3c21. The first-order chi connectivity index (χ1) is 13.8. The van der Waals surface area contributed by atoms with Crippen LogP contribution < -0.4 is 0 Å². The first kappa shape index (κ1) is 19.9. The third-order valence-corrected chi connectivity index (χ3v) is 6.20. The van der Waals surface area contributed by atoms with Crippen LogP contribution in [0.15, 0.2) is 12.1 Å². The molecule has 0 spiro atoms. The van der Waals surface area contributed by atoms with Crippen LogP contribution in [0, 0.1) is 34.6 Å². The minimum Gasteiger partial charge on any atom is -0.296 e. The summed E-state index contributed by atoms with van der Waals surface area (Å²) in [6.07, 6.45) is 1.96. The van der Waals surface area contributed by atoms with Gasteiger partial charge in [0.2, 0.25) is 5.28 Å². The summed E-state index contributed by atoms with van der Waals surface area (Å²) in [6.45, 7) is 14.9. The Kier molecular flexibility index (Phi) is 4.89. The summed E-state index contributed by atoms with van der Waals surface area (Å²) in [4.78, 5) is 9.58. The van der Waals surface area contributed by atoms with E-state index in [-0.39, 0.29) is 6.04 Å². The Hall–Kier alpha value is -2.40. The van der Waals surface area contributed by atoms with Gasteiger partial charge in [-0.3, -0.25) is 4.57 Å². The minimum atomic E-state index is 0.272. The molecule has 0 fully saturated rings. The molecule has 0 atom stereocenters. The number of rotatable bonds is 4. The molecular weight excluding hydrogens is 382 g/mol. The molecule has 4 aromatic rings. The number of nitrogens with zero attached hydrogens (tertiary/aromatic N) is 5. The summed E-state index contributed by atoms with van der Waals surface area (Å²) in [6, 6.07) is 4.72. The molecule has 0 radical (unpaired) electrons. The van der Waals surface area contributed by atoms with Crippen molar-refractivity contribution in [2.75, 3.05) is 0 Å². The molecule has 0 N–H and O–H groups in total. The maximum absolute atomic E-state index is 6.61. The molecule has 0 saturated heterocycles. The maximum Gasteiger partial charge on any atom is 0.205 e. The van der Waals surface area contributed by atoms with Gasteiger partial charge in [-0.15, -0.1) is 0 Å². The van der Waals surface area contributed by atoms with E-state index in [1.807, 2.05) is 11.4 Å². The summed E-state index contributed by atoms with van der Waals surface area (Å²) >= 11 is 6.61. The molecule has 6 heteroatoms. The smallest absolute Gasteiger partial charge is 0.205 e. The van der Waals surface area contributed by atoms with E-state index in [0.29, 0.717) is 5.28 Å². The van der Waals surface area contributed by atoms with E-state index in [1.54, 1.807) is 0 Å². The van der Waals surface area contributed by atoms with Gasteiger partial charge in [0.1, 0.15) is 5.52 Å². The molecule has 3 aromatic heterocycles. The van der Waals surface area contributed by atoms with E-state index in [2.05, 4.69) is 63.2 Å². The zero-order valence-corrected chi connectivity index (χ0v) is 19.0. The Morgan fingerprint density at radius 2 is 1.52 bits per heavy atom.